The van der Waals surface area contributed by atoms with E-state index in [1.165, 1.54) is 0 Å². The molecule has 1 aliphatic heterocycles. The van der Waals surface area contributed by atoms with E-state index in [4.69, 9.17) is 0 Å². The third-order valence-corrected chi connectivity index (χ3v) is 5.87. The van der Waals surface area contributed by atoms with Gasteiger partial charge in [0.2, 0.25) is 0 Å². The Hall–Kier alpha value is -2.93. The first kappa shape index (κ1) is 17.5. The SMILES string of the molecule is Cn1nc(-c2cccs2)cc1C(=O)N1CC[C@H](c2ccccc2C(=O)O)C1. The van der Waals surface area contributed by atoms with Gasteiger partial charge in [0, 0.05) is 26.1 Å². The van der Waals surface area contributed by atoms with E-state index in [1.54, 1.807) is 40.1 Å². The molecule has 0 saturated carbocycles. The lowest BCUT2D eigenvalue weighted by Crippen LogP contribution is -2.30. The standard InChI is InChI=1S/C20H19N3O3S/c1-22-17(11-16(21-22)18-7-4-10-27-18)19(24)23-9-8-13(12-23)14-5-2-3-6-15(14)20(25)26/h2-7,10-11,13H,8-9,12H2,1H3,(H,25,26)/t13-/m0/s1. The molecule has 27 heavy (non-hydrogen) atoms. The van der Waals surface area contributed by atoms with Gasteiger partial charge in [-0.15, -0.1) is 11.3 Å². The molecule has 0 spiro atoms. The molecule has 3 heterocycles. The van der Waals surface area contributed by atoms with Crippen LogP contribution in [0, 0.1) is 0 Å². The Morgan fingerprint density at radius 2 is 2.04 bits per heavy atom. The van der Waals surface area contributed by atoms with Crippen LogP contribution in [0.2, 0.25) is 0 Å². The minimum absolute atomic E-state index is 0.0336. The molecule has 0 radical (unpaired) electrons. The summed E-state index contributed by atoms with van der Waals surface area (Å²) >= 11 is 1.59. The highest BCUT2D eigenvalue weighted by Crippen LogP contribution is 2.31. The molecule has 1 saturated heterocycles. The fourth-order valence-electron chi connectivity index (χ4n) is 3.62. The van der Waals surface area contributed by atoms with Crippen LogP contribution in [0.5, 0.6) is 0 Å². The normalized spacial score (nSPS) is 16.6. The fraction of sp³-hybridized carbons (Fsp3) is 0.250. The highest BCUT2D eigenvalue weighted by atomic mass is 32.1. The van der Waals surface area contributed by atoms with E-state index >= 15 is 0 Å². The summed E-state index contributed by atoms with van der Waals surface area (Å²) in [6.45, 7) is 1.12. The van der Waals surface area contributed by atoms with Gasteiger partial charge < -0.3 is 10.0 Å². The molecule has 7 heteroatoms. The summed E-state index contributed by atoms with van der Waals surface area (Å²) in [5.41, 5.74) is 2.45. The van der Waals surface area contributed by atoms with E-state index < -0.39 is 5.97 Å². The number of carboxylic acid groups (broad SMARTS) is 1. The molecule has 1 fully saturated rings. The minimum Gasteiger partial charge on any atom is -0.478 e. The Balaban J connectivity index is 1.55. The number of amides is 1. The van der Waals surface area contributed by atoms with Crippen LogP contribution in [0.4, 0.5) is 0 Å². The van der Waals surface area contributed by atoms with Crippen molar-refractivity contribution >= 4 is 23.2 Å². The summed E-state index contributed by atoms with van der Waals surface area (Å²) in [4.78, 5) is 27.3. The number of aromatic nitrogens is 2. The van der Waals surface area contributed by atoms with E-state index in [-0.39, 0.29) is 11.8 Å². The van der Waals surface area contributed by atoms with Gasteiger partial charge in [-0.3, -0.25) is 9.48 Å². The molecule has 1 amide bonds. The third-order valence-electron chi connectivity index (χ3n) is 4.98. The van der Waals surface area contributed by atoms with E-state index in [0.29, 0.717) is 24.3 Å². The zero-order valence-corrected chi connectivity index (χ0v) is 15.6. The molecular formula is C20H19N3O3S. The second-order valence-electron chi connectivity index (χ2n) is 6.64. The van der Waals surface area contributed by atoms with Crippen LogP contribution in [-0.2, 0) is 7.05 Å². The average Bonchev–Trinajstić information content (AvgIpc) is 3.41. The number of carbonyl (C=O) groups excluding carboxylic acids is 1. The maximum atomic E-state index is 13.0. The lowest BCUT2D eigenvalue weighted by atomic mass is 9.93. The Morgan fingerprint density at radius 1 is 1.22 bits per heavy atom. The summed E-state index contributed by atoms with van der Waals surface area (Å²) < 4.78 is 1.62. The van der Waals surface area contributed by atoms with Gasteiger partial charge in [-0.05, 0) is 35.6 Å². The van der Waals surface area contributed by atoms with Crippen molar-refractivity contribution in [3.63, 3.8) is 0 Å². The molecule has 1 atom stereocenters. The first-order valence-corrected chi connectivity index (χ1v) is 9.62. The Morgan fingerprint density at radius 3 is 2.78 bits per heavy atom. The van der Waals surface area contributed by atoms with E-state index in [2.05, 4.69) is 5.10 Å². The fourth-order valence-corrected chi connectivity index (χ4v) is 4.30. The van der Waals surface area contributed by atoms with Crippen LogP contribution in [0.1, 0.15) is 38.7 Å². The zero-order chi connectivity index (χ0) is 19.0. The molecule has 1 N–H and O–H groups in total. The van der Waals surface area contributed by atoms with Crippen molar-refractivity contribution in [2.75, 3.05) is 13.1 Å². The monoisotopic (exact) mass is 381 g/mol. The average molecular weight is 381 g/mol. The van der Waals surface area contributed by atoms with Crippen molar-refractivity contribution in [1.29, 1.82) is 0 Å². The largest absolute Gasteiger partial charge is 0.478 e. The van der Waals surface area contributed by atoms with Gasteiger partial charge in [0.1, 0.15) is 11.4 Å². The van der Waals surface area contributed by atoms with Gasteiger partial charge >= 0.3 is 5.97 Å². The predicted octanol–water partition coefficient (Wildman–Crippen LogP) is 3.48. The number of hydrogen-bond acceptors (Lipinski definition) is 4. The Kier molecular flexibility index (Phi) is 4.53. The lowest BCUT2D eigenvalue weighted by Gasteiger charge is -2.17. The maximum absolute atomic E-state index is 13.0. The van der Waals surface area contributed by atoms with Crippen molar-refractivity contribution in [1.82, 2.24) is 14.7 Å². The highest BCUT2D eigenvalue weighted by molar-refractivity contribution is 7.13. The number of thiophene rings is 1. The van der Waals surface area contributed by atoms with Crippen LogP contribution in [0.25, 0.3) is 10.6 Å². The summed E-state index contributed by atoms with van der Waals surface area (Å²) in [5.74, 6) is -0.961. The Labute approximate surface area is 160 Å². The molecule has 1 aliphatic rings. The van der Waals surface area contributed by atoms with Crippen LogP contribution < -0.4 is 0 Å². The summed E-state index contributed by atoms with van der Waals surface area (Å²) in [7, 11) is 1.78. The number of likely N-dealkylation sites (tertiary alicyclic amines) is 1. The van der Waals surface area contributed by atoms with Crippen molar-refractivity contribution in [3.8, 4) is 10.6 Å². The number of hydrogen-bond donors (Lipinski definition) is 1. The predicted molar refractivity (Wildman–Crippen MR) is 103 cm³/mol. The van der Waals surface area contributed by atoms with E-state index in [9.17, 15) is 14.7 Å². The van der Waals surface area contributed by atoms with Crippen molar-refractivity contribution in [3.05, 3.63) is 64.7 Å². The van der Waals surface area contributed by atoms with Gasteiger partial charge in [0.25, 0.3) is 5.91 Å². The van der Waals surface area contributed by atoms with Crippen LogP contribution in [-0.4, -0.2) is 44.8 Å². The number of carboxylic acids is 1. The molecule has 2 aromatic heterocycles. The molecule has 1 aromatic carbocycles. The second kappa shape index (κ2) is 7.00. The zero-order valence-electron chi connectivity index (χ0n) is 14.8. The molecule has 0 aliphatic carbocycles. The van der Waals surface area contributed by atoms with Crippen LogP contribution in [0.3, 0.4) is 0 Å². The maximum Gasteiger partial charge on any atom is 0.335 e. The van der Waals surface area contributed by atoms with Gasteiger partial charge in [-0.1, -0.05) is 24.3 Å². The molecule has 0 bridgehead atoms. The molecular weight excluding hydrogens is 362 g/mol. The van der Waals surface area contributed by atoms with Gasteiger partial charge in [-0.2, -0.15) is 5.10 Å². The number of nitrogens with zero attached hydrogens (tertiary/aromatic N) is 3. The summed E-state index contributed by atoms with van der Waals surface area (Å²) in [6.07, 6.45) is 0.756. The quantitative estimate of drug-likeness (QED) is 0.751. The minimum atomic E-state index is -0.928. The van der Waals surface area contributed by atoms with Gasteiger partial charge in [0.05, 0.1) is 10.4 Å². The number of aromatic carboxylic acids is 1. The van der Waals surface area contributed by atoms with Gasteiger partial charge in [0.15, 0.2) is 0 Å². The number of benzene rings is 1. The van der Waals surface area contributed by atoms with Crippen molar-refractivity contribution < 1.29 is 14.7 Å². The number of aryl methyl sites for hydroxylation is 1. The van der Waals surface area contributed by atoms with E-state index in [0.717, 1.165) is 22.6 Å². The molecule has 0 unspecified atom stereocenters. The summed E-state index contributed by atoms with van der Waals surface area (Å²) in [5, 5.41) is 15.9. The van der Waals surface area contributed by atoms with Crippen molar-refractivity contribution in [2.45, 2.75) is 12.3 Å². The first-order chi connectivity index (χ1) is 13.0. The topological polar surface area (TPSA) is 75.4 Å². The second-order valence-corrected chi connectivity index (χ2v) is 7.59. The number of rotatable bonds is 4. The smallest absolute Gasteiger partial charge is 0.335 e. The lowest BCUT2D eigenvalue weighted by molar-refractivity contribution is 0.0695. The highest BCUT2D eigenvalue weighted by Gasteiger charge is 2.31. The van der Waals surface area contributed by atoms with Crippen molar-refractivity contribution in [2.24, 2.45) is 7.05 Å². The van der Waals surface area contributed by atoms with E-state index in [1.807, 2.05) is 35.7 Å². The number of carbonyl (C=O) groups is 2. The van der Waals surface area contributed by atoms with Crippen LogP contribution in [0.15, 0.2) is 47.8 Å². The molecule has 138 valence electrons. The molecule has 3 aromatic rings. The Bertz CT molecular complexity index is 994. The molecule has 4 rings (SSSR count). The first-order valence-electron chi connectivity index (χ1n) is 8.74. The third kappa shape index (κ3) is 3.26. The summed E-state index contributed by atoms with van der Waals surface area (Å²) in [6, 6.07) is 12.8. The van der Waals surface area contributed by atoms with Crippen LogP contribution >= 0.6 is 11.3 Å². The van der Waals surface area contributed by atoms with Gasteiger partial charge in [-0.25, -0.2) is 4.79 Å². The molecule has 6 nitrogen and oxygen atoms in total.